The zero-order valence-corrected chi connectivity index (χ0v) is 12.6. The summed E-state index contributed by atoms with van der Waals surface area (Å²) in [6.45, 7) is 1.83. The Kier molecular flexibility index (Phi) is 3.75. The van der Waals surface area contributed by atoms with Gasteiger partial charge in [-0.1, -0.05) is 6.07 Å². The maximum Gasteiger partial charge on any atom is 0.356 e. The monoisotopic (exact) mass is 317 g/mol. The molecule has 0 radical (unpaired) electrons. The minimum absolute atomic E-state index is 0.0272. The third-order valence-corrected chi connectivity index (χ3v) is 3.59. The normalized spacial score (nSPS) is 19.7. The lowest BCUT2D eigenvalue weighted by molar-refractivity contribution is -0.139. The molecule has 0 aromatic heterocycles. The Morgan fingerprint density at radius 3 is 2.83 bits per heavy atom. The van der Waals surface area contributed by atoms with Gasteiger partial charge in [-0.3, -0.25) is 9.59 Å². The number of imide groups is 1. The predicted molar refractivity (Wildman–Crippen MR) is 79.2 cm³/mol. The largest absolute Gasteiger partial charge is 0.497 e. The van der Waals surface area contributed by atoms with Crippen LogP contribution in [-0.2, 0) is 19.1 Å². The molecule has 0 aliphatic carbocycles. The molecular weight excluding hydrogens is 302 g/mol. The minimum Gasteiger partial charge on any atom is -0.497 e. The molecule has 3 rings (SSSR count). The number of esters is 1. The first-order chi connectivity index (χ1) is 11.1. The number of amides is 2. The average molecular weight is 317 g/mol. The van der Waals surface area contributed by atoms with Crippen LogP contribution in [0.5, 0.6) is 5.75 Å². The Balaban J connectivity index is 2.00. The van der Waals surface area contributed by atoms with Crippen molar-refractivity contribution >= 4 is 23.5 Å². The van der Waals surface area contributed by atoms with E-state index in [9.17, 15) is 14.4 Å². The fourth-order valence-corrected chi connectivity index (χ4v) is 2.55. The fourth-order valence-electron chi connectivity index (χ4n) is 2.55. The minimum atomic E-state index is -0.909. The lowest BCUT2D eigenvalue weighted by Gasteiger charge is -2.16. The summed E-state index contributed by atoms with van der Waals surface area (Å²) in [6, 6.07) is 5.67. The second-order valence-corrected chi connectivity index (χ2v) is 4.89. The first kappa shape index (κ1) is 15.0. The van der Waals surface area contributed by atoms with Crippen LogP contribution in [0.15, 0.2) is 35.5 Å². The highest BCUT2D eigenvalue weighted by Gasteiger charge is 2.50. The van der Waals surface area contributed by atoms with Gasteiger partial charge in [0, 0.05) is 6.07 Å². The molecule has 2 aliphatic rings. The Hall–Kier alpha value is -2.87. The molecular formula is C15H15N3O5. The van der Waals surface area contributed by atoms with Crippen molar-refractivity contribution in [3.8, 4) is 5.75 Å². The summed E-state index contributed by atoms with van der Waals surface area (Å²) in [7, 11) is 1.49. The summed E-state index contributed by atoms with van der Waals surface area (Å²) in [6.07, 6.45) is 0. The van der Waals surface area contributed by atoms with Gasteiger partial charge in [-0.05, 0) is 19.1 Å². The summed E-state index contributed by atoms with van der Waals surface area (Å²) >= 11 is 0. The summed E-state index contributed by atoms with van der Waals surface area (Å²) < 4.78 is 10.0. The van der Waals surface area contributed by atoms with Crippen molar-refractivity contribution in [2.75, 3.05) is 18.6 Å². The van der Waals surface area contributed by atoms with Gasteiger partial charge in [-0.2, -0.15) is 0 Å². The number of methoxy groups -OCH3 is 1. The van der Waals surface area contributed by atoms with Crippen molar-refractivity contribution in [1.29, 1.82) is 0 Å². The molecule has 23 heavy (non-hydrogen) atoms. The number of benzene rings is 1. The number of anilines is 1. The van der Waals surface area contributed by atoms with E-state index >= 15 is 0 Å². The molecule has 8 nitrogen and oxygen atoms in total. The molecule has 2 N–H and O–H groups in total. The molecule has 120 valence electrons. The standard InChI is InChI=1S/C15H15N3O5/c1-3-23-15(21)12-10-11(16-17-12)14(20)18(13(10)19)8-5-4-6-9(7-8)22-2/h4-7,11,16-17H,3H2,1-2H3. The Morgan fingerprint density at radius 1 is 1.35 bits per heavy atom. The first-order valence-electron chi connectivity index (χ1n) is 7.03. The van der Waals surface area contributed by atoms with Gasteiger partial charge in [0.15, 0.2) is 0 Å². The van der Waals surface area contributed by atoms with Gasteiger partial charge in [0.25, 0.3) is 11.8 Å². The van der Waals surface area contributed by atoms with Crippen LogP contribution in [0.3, 0.4) is 0 Å². The SMILES string of the molecule is CCOC(=O)C1=C2C(=O)N(c3cccc(OC)c3)C(=O)C2NN1. The third kappa shape index (κ3) is 2.33. The van der Waals surface area contributed by atoms with Gasteiger partial charge >= 0.3 is 5.97 Å². The van der Waals surface area contributed by atoms with E-state index in [1.165, 1.54) is 7.11 Å². The van der Waals surface area contributed by atoms with Crippen LogP contribution in [0.25, 0.3) is 0 Å². The number of hydrogen-bond donors (Lipinski definition) is 2. The second kappa shape index (κ2) is 5.73. The molecule has 2 amide bonds. The van der Waals surface area contributed by atoms with E-state index < -0.39 is 23.8 Å². The lowest BCUT2D eigenvalue weighted by Crippen LogP contribution is -2.42. The zero-order chi connectivity index (χ0) is 16.6. The fraction of sp³-hybridized carbons (Fsp3) is 0.267. The van der Waals surface area contributed by atoms with Crippen LogP contribution in [-0.4, -0.2) is 37.5 Å². The van der Waals surface area contributed by atoms with E-state index in [2.05, 4.69) is 10.9 Å². The zero-order valence-electron chi connectivity index (χ0n) is 12.6. The number of nitrogens with one attached hydrogen (secondary N) is 2. The molecule has 1 atom stereocenters. The highest BCUT2D eigenvalue weighted by atomic mass is 16.5. The van der Waals surface area contributed by atoms with E-state index in [0.717, 1.165) is 4.90 Å². The quantitative estimate of drug-likeness (QED) is 0.589. The Morgan fingerprint density at radius 2 is 2.13 bits per heavy atom. The molecule has 1 fully saturated rings. The van der Waals surface area contributed by atoms with Crippen LogP contribution in [0.2, 0.25) is 0 Å². The van der Waals surface area contributed by atoms with Crippen molar-refractivity contribution in [1.82, 2.24) is 10.9 Å². The maximum absolute atomic E-state index is 12.6. The van der Waals surface area contributed by atoms with Crippen LogP contribution in [0.1, 0.15) is 6.92 Å². The molecule has 8 heteroatoms. The van der Waals surface area contributed by atoms with Crippen LogP contribution >= 0.6 is 0 Å². The van der Waals surface area contributed by atoms with Gasteiger partial charge in [0.1, 0.15) is 17.5 Å². The molecule has 0 saturated carbocycles. The highest BCUT2D eigenvalue weighted by molar-refractivity contribution is 6.32. The first-order valence-corrected chi connectivity index (χ1v) is 7.03. The average Bonchev–Trinajstić information content (AvgIpc) is 3.09. The highest BCUT2D eigenvalue weighted by Crippen LogP contribution is 2.31. The maximum atomic E-state index is 12.6. The molecule has 0 bridgehead atoms. The molecule has 1 aromatic carbocycles. The van der Waals surface area contributed by atoms with E-state index in [1.54, 1.807) is 31.2 Å². The Bertz CT molecular complexity index is 728. The molecule has 2 heterocycles. The molecule has 1 unspecified atom stereocenters. The van der Waals surface area contributed by atoms with Gasteiger partial charge < -0.3 is 14.9 Å². The number of hydrogen-bond acceptors (Lipinski definition) is 7. The molecule has 0 spiro atoms. The van der Waals surface area contributed by atoms with Crippen molar-refractivity contribution in [3.63, 3.8) is 0 Å². The summed E-state index contributed by atoms with van der Waals surface area (Å²) in [5.41, 5.74) is 5.63. The summed E-state index contributed by atoms with van der Waals surface area (Å²) in [4.78, 5) is 38.1. The van der Waals surface area contributed by atoms with E-state index in [4.69, 9.17) is 9.47 Å². The van der Waals surface area contributed by atoms with Gasteiger partial charge in [-0.15, -0.1) is 0 Å². The van der Waals surface area contributed by atoms with E-state index in [0.29, 0.717) is 11.4 Å². The van der Waals surface area contributed by atoms with Crippen LogP contribution in [0.4, 0.5) is 5.69 Å². The number of rotatable bonds is 4. The predicted octanol–water partition coefficient (Wildman–Crippen LogP) is -0.138. The summed E-state index contributed by atoms with van der Waals surface area (Å²) in [5, 5.41) is 0. The van der Waals surface area contributed by atoms with Crippen molar-refractivity contribution in [2.45, 2.75) is 13.0 Å². The number of hydrazine groups is 1. The van der Waals surface area contributed by atoms with Gasteiger partial charge in [0.2, 0.25) is 0 Å². The third-order valence-electron chi connectivity index (χ3n) is 3.59. The second-order valence-electron chi connectivity index (χ2n) is 4.89. The number of carbonyl (C=O) groups is 3. The van der Waals surface area contributed by atoms with Crippen molar-refractivity contribution in [3.05, 3.63) is 35.5 Å². The van der Waals surface area contributed by atoms with E-state index in [-0.39, 0.29) is 17.9 Å². The Labute approximate surface area is 132 Å². The summed E-state index contributed by atoms with van der Waals surface area (Å²) in [5.74, 6) is -1.18. The molecule has 1 saturated heterocycles. The van der Waals surface area contributed by atoms with Crippen LogP contribution < -0.4 is 20.5 Å². The van der Waals surface area contributed by atoms with E-state index in [1.807, 2.05) is 0 Å². The topological polar surface area (TPSA) is 97.0 Å². The van der Waals surface area contributed by atoms with Crippen LogP contribution in [0, 0.1) is 0 Å². The molecule has 1 aromatic rings. The smallest absolute Gasteiger partial charge is 0.356 e. The van der Waals surface area contributed by atoms with Crippen molar-refractivity contribution < 1.29 is 23.9 Å². The van der Waals surface area contributed by atoms with Crippen molar-refractivity contribution in [2.24, 2.45) is 0 Å². The van der Waals surface area contributed by atoms with Gasteiger partial charge in [-0.25, -0.2) is 15.1 Å². The lowest BCUT2D eigenvalue weighted by atomic mass is 10.1. The number of fused-ring (bicyclic) bond motifs is 1. The number of nitrogens with zero attached hydrogens (tertiary/aromatic N) is 1. The number of carbonyl (C=O) groups excluding carboxylic acids is 3. The molecule has 2 aliphatic heterocycles. The van der Waals surface area contributed by atoms with Gasteiger partial charge in [0.05, 0.1) is 25.0 Å². The number of ether oxygens (including phenoxy) is 2.